The average Bonchev–Trinajstić information content (AvgIpc) is 2.36. The predicted octanol–water partition coefficient (Wildman–Crippen LogP) is -2.89. The summed E-state index contributed by atoms with van der Waals surface area (Å²) in [6.07, 6.45) is 0.136. The fourth-order valence-electron chi connectivity index (χ4n) is 0.889. The van der Waals surface area contributed by atoms with E-state index in [0.717, 1.165) is 0 Å². The zero-order chi connectivity index (χ0) is 13.8. The van der Waals surface area contributed by atoms with Crippen LogP contribution in [0.4, 0.5) is 0 Å². The van der Waals surface area contributed by atoms with Crippen molar-refractivity contribution in [3.63, 3.8) is 0 Å². The number of nitrogens with two attached hydrogens (primary N) is 3. The molecule has 0 heterocycles. The summed E-state index contributed by atoms with van der Waals surface area (Å²) < 4.78 is 0. The molecule has 0 saturated heterocycles. The highest BCUT2D eigenvalue weighted by molar-refractivity contribution is 5.76. The van der Waals surface area contributed by atoms with Crippen LogP contribution in [-0.4, -0.2) is 44.2 Å². The molecule has 0 spiro atoms. The van der Waals surface area contributed by atoms with Gasteiger partial charge in [0.05, 0.1) is 0 Å². The number of carbonyl (C=O) groups excluding carboxylic acids is 2. The molecular weight excluding hydrogens is 242 g/mol. The van der Waals surface area contributed by atoms with E-state index in [1.54, 1.807) is 0 Å². The molecule has 18 heavy (non-hydrogen) atoms. The highest BCUT2D eigenvalue weighted by Crippen LogP contribution is 1.97. The lowest BCUT2D eigenvalue weighted by Crippen LogP contribution is -2.37. The first-order valence-electron chi connectivity index (χ1n) is 5.63. The predicted molar refractivity (Wildman–Crippen MR) is 63.5 cm³/mol. The standard InChI is InChI=1S/C9H21N5O4/c10-3-5-13-17-8(15)2-1-7(12)9(16)18-14-6-4-11/h7,13-14H,1-6,10-12H2/t7-/m0/s1. The van der Waals surface area contributed by atoms with Gasteiger partial charge in [-0.25, -0.2) is 4.79 Å². The zero-order valence-electron chi connectivity index (χ0n) is 10.2. The van der Waals surface area contributed by atoms with E-state index in [2.05, 4.69) is 20.6 Å². The summed E-state index contributed by atoms with van der Waals surface area (Å²) in [6.45, 7) is 1.39. The van der Waals surface area contributed by atoms with Crippen molar-refractivity contribution in [2.45, 2.75) is 18.9 Å². The minimum Gasteiger partial charge on any atom is -0.371 e. The van der Waals surface area contributed by atoms with Crippen molar-refractivity contribution in [2.75, 3.05) is 26.2 Å². The van der Waals surface area contributed by atoms with Gasteiger partial charge in [0.15, 0.2) is 0 Å². The summed E-state index contributed by atoms with van der Waals surface area (Å²) in [5, 5.41) is 0. The first kappa shape index (κ1) is 16.7. The molecule has 9 heteroatoms. The second-order valence-electron chi connectivity index (χ2n) is 3.41. The van der Waals surface area contributed by atoms with Gasteiger partial charge in [0, 0.05) is 32.6 Å². The minimum atomic E-state index is -0.891. The van der Waals surface area contributed by atoms with Gasteiger partial charge < -0.3 is 26.9 Å². The molecule has 0 unspecified atom stereocenters. The molecule has 0 aliphatic carbocycles. The van der Waals surface area contributed by atoms with Crippen LogP contribution in [0.2, 0.25) is 0 Å². The highest BCUT2D eigenvalue weighted by Gasteiger charge is 2.17. The molecule has 8 N–H and O–H groups in total. The van der Waals surface area contributed by atoms with Crippen molar-refractivity contribution in [1.82, 2.24) is 11.0 Å². The van der Waals surface area contributed by atoms with Crippen LogP contribution >= 0.6 is 0 Å². The maximum absolute atomic E-state index is 11.3. The van der Waals surface area contributed by atoms with Crippen molar-refractivity contribution in [3.05, 3.63) is 0 Å². The maximum atomic E-state index is 11.3. The number of rotatable bonds is 10. The molecule has 0 aromatic heterocycles. The van der Waals surface area contributed by atoms with Crippen molar-refractivity contribution < 1.29 is 19.3 Å². The van der Waals surface area contributed by atoms with Crippen LogP contribution in [0, 0.1) is 0 Å². The summed E-state index contributed by atoms with van der Waals surface area (Å²) in [5.74, 6) is -1.16. The minimum absolute atomic E-state index is 0.00469. The van der Waals surface area contributed by atoms with Crippen molar-refractivity contribution >= 4 is 11.9 Å². The van der Waals surface area contributed by atoms with Crippen LogP contribution in [0.1, 0.15) is 12.8 Å². The molecule has 0 aliphatic rings. The summed E-state index contributed by atoms with van der Waals surface area (Å²) in [6, 6.07) is -0.891. The monoisotopic (exact) mass is 263 g/mol. The normalized spacial score (nSPS) is 11.9. The molecule has 0 aromatic rings. The van der Waals surface area contributed by atoms with Crippen LogP contribution < -0.4 is 28.2 Å². The number of hydrogen-bond donors (Lipinski definition) is 5. The van der Waals surface area contributed by atoms with E-state index < -0.39 is 18.0 Å². The van der Waals surface area contributed by atoms with E-state index in [1.165, 1.54) is 0 Å². The second kappa shape index (κ2) is 10.9. The van der Waals surface area contributed by atoms with Gasteiger partial charge in [-0.1, -0.05) is 0 Å². The number of nitrogens with one attached hydrogen (secondary N) is 2. The third-order valence-electron chi connectivity index (χ3n) is 1.81. The van der Waals surface area contributed by atoms with Gasteiger partial charge in [0.25, 0.3) is 0 Å². The van der Waals surface area contributed by atoms with Gasteiger partial charge in [0.1, 0.15) is 6.04 Å². The lowest BCUT2D eigenvalue weighted by Gasteiger charge is -2.10. The Morgan fingerprint density at radius 3 is 2.17 bits per heavy atom. The van der Waals surface area contributed by atoms with Gasteiger partial charge >= 0.3 is 11.9 Å². The number of hydroxylamine groups is 2. The fourth-order valence-corrected chi connectivity index (χ4v) is 0.889. The van der Waals surface area contributed by atoms with E-state index in [0.29, 0.717) is 26.2 Å². The Bertz CT molecular complexity index is 251. The van der Waals surface area contributed by atoms with Crippen LogP contribution in [0.5, 0.6) is 0 Å². The summed E-state index contributed by atoms with van der Waals surface area (Å²) in [4.78, 5) is 31.6. The Morgan fingerprint density at radius 2 is 1.61 bits per heavy atom. The van der Waals surface area contributed by atoms with Gasteiger partial charge in [-0.05, 0) is 6.42 Å². The largest absolute Gasteiger partial charge is 0.371 e. The smallest absolute Gasteiger partial charge is 0.341 e. The van der Waals surface area contributed by atoms with Crippen molar-refractivity contribution in [3.8, 4) is 0 Å². The van der Waals surface area contributed by atoms with E-state index >= 15 is 0 Å². The highest BCUT2D eigenvalue weighted by atomic mass is 16.7. The maximum Gasteiger partial charge on any atom is 0.341 e. The zero-order valence-corrected chi connectivity index (χ0v) is 10.2. The van der Waals surface area contributed by atoms with Crippen molar-refractivity contribution in [2.24, 2.45) is 17.2 Å². The molecule has 0 fully saturated rings. The molecule has 0 amide bonds. The third-order valence-corrected chi connectivity index (χ3v) is 1.81. The fraction of sp³-hybridized carbons (Fsp3) is 0.778. The topological polar surface area (TPSA) is 155 Å². The lowest BCUT2D eigenvalue weighted by molar-refractivity contribution is -0.154. The van der Waals surface area contributed by atoms with Gasteiger partial charge in [-0.15, -0.1) is 0 Å². The Labute approximate surface area is 105 Å². The SMILES string of the molecule is NCCNOC(=O)CC[C@H](N)C(=O)ONCCN. The average molecular weight is 263 g/mol. The Morgan fingerprint density at radius 1 is 1.06 bits per heavy atom. The molecular formula is C9H21N5O4. The first-order valence-corrected chi connectivity index (χ1v) is 5.63. The first-order chi connectivity index (χ1) is 8.61. The van der Waals surface area contributed by atoms with Crippen LogP contribution in [0.25, 0.3) is 0 Å². The van der Waals surface area contributed by atoms with Gasteiger partial charge in [-0.3, -0.25) is 4.79 Å². The quantitative estimate of drug-likeness (QED) is 0.206. The molecule has 0 aromatic carbocycles. The van der Waals surface area contributed by atoms with Gasteiger partial charge in [-0.2, -0.15) is 11.0 Å². The molecule has 0 bridgehead atoms. The molecule has 106 valence electrons. The van der Waals surface area contributed by atoms with Crippen molar-refractivity contribution in [1.29, 1.82) is 0 Å². The van der Waals surface area contributed by atoms with E-state index in [9.17, 15) is 9.59 Å². The summed E-state index contributed by atoms with van der Waals surface area (Å²) in [7, 11) is 0. The third kappa shape index (κ3) is 8.84. The lowest BCUT2D eigenvalue weighted by atomic mass is 10.2. The number of carbonyl (C=O) groups is 2. The van der Waals surface area contributed by atoms with Gasteiger partial charge in [0.2, 0.25) is 0 Å². The molecule has 0 aliphatic heterocycles. The Balaban J connectivity index is 3.64. The van der Waals surface area contributed by atoms with Crippen LogP contribution in [0.3, 0.4) is 0 Å². The van der Waals surface area contributed by atoms with E-state index in [-0.39, 0.29) is 12.8 Å². The second-order valence-corrected chi connectivity index (χ2v) is 3.41. The molecule has 0 saturated carbocycles. The molecule has 0 rings (SSSR count). The summed E-state index contributed by atoms with van der Waals surface area (Å²) in [5.41, 5.74) is 20.6. The number of hydrogen-bond acceptors (Lipinski definition) is 9. The van der Waals surface area contributed by atoms with Crippen LogP contribution in [0.15, 0.2) is 0 Å². The van der Waals surface area contributed by atoms with E-state index in [1.807, 2.05) is 0 Å². The van der Waals surface area contributed by atoms with Crippen LogP contribution in [-0.2, 0) is 19.3 Å². The molecule has 9 nitrogen and oxygen atoms in total. The van der Waals surface area contributed by atoms with E-state index in [4.69, 9.17) is 17.2 Å². The molecule has 1 atom stereocenters. The summed E-state index contributed by atoms with van der Waals surface area (Å²) >= 11 is 0. The molecule has 0 radical (unpaired) electrons. The Kier molecular flexibility index (Phi) is 10.1. The Hall–Kier alpha value is -1.26.